The number of pyridine rings is 1. The van der Waals surface area contributed by atoms with Gasteiger partial charge in [-0.2, -0.15) is 0 Å². The van der Waals surface area contributed by atoms with Crippen molar-refractivity contribution in [2.75, 3.05) is 5.32 Å². The fourth-order valence-electron chi connectivity index (χ4n) is 1.83. The summed E-state index contributed by atoms with van der Waals surface area (Å²) < 4.78 is 5.54. The van der Waals surface area contributed by atoms with Crippen LogP contribution in [0.5, 0.6) is 5.88 Å². The average molecular weight is 249 g/mol. The summed E-state index contributed by atoms with van der Waals surface area (Å²) in [6.45, 7) is 3.83. The number of nitrogens with one attached hydrogen (secondary N) is 1. The largest absolute Gasteiger partial charge is 0.473 e. The monoisotopic (exact) mass is 249 g/mol. The number of ether oxygens (including phenoxy) is 1. The SMILES string of the molecule is CC(C)Oc1ncccc1NC(=O)C1(N)CCC1. The first-order valence-corrected chi connectivity index (χ1v) is 6.23. The Hall–Kier alpha value is -1.62. The molecule has 1 amide bonds. The number of amides is 1. The molecule has 0 unspecified atom stereocenters. The van der Waals surface area contributed by atoms with E-state index in [0.717, 1.165) is 19.3 Å². The summed E-state index contributed by atoms with van der Waals surface area (Å²) in [6, 6.07) is 3.53. The fraction of sp³-hybridized carbons (Fsp3) is 0.538. The van der Waals surface area contributed by atoms with Crippen LogP contribution >= 0.6 is 0 Å². The second-order valence-corrected chi connectivity index (χ2v) is 4.99. The van der Waals surface area contributed by atoms with Gasteiger partial charge in [-0.3, -0.25) is 4.79 Å². The third-order valence-electron chi connectivity index (χ3n) is 3.06. The molecular weight excluding hydrogens is 230 g/mol. The summed E-state index contributed by atoms with van der Waals surface area (Å²) in [5.41, 5.74) is 5.83. The van der Waals surface area contributed by atoms with E-state index < -0.39 is 5.54 Å². The fourth-order valence-corrected chi connectivity index (χ4v) is 1.83. The number of hydrogen-bond acceptors (Lipinski definition) is 4. The summed E-state index contributed by atoms with van der Waals surface area (Å²) in [6.07, 6.45) is 4.12. The van der Waals surface area contributed by atoms with Crippen LogP contribution in [0.4, 0.5) is 5.69 Å². The van der Waals surface area contributed by atoms with E-state index in [1.165, 1.54) is 0 Å². The molecule has 1 aliphatic rings. The van der Waals surface area contributed by atoms with Crippen LogP contribution in [0.1, 0.15) is 33.1 Å². The molecule has 98 valence electrons. The highest BCUT2D eigenvalue weighted by molar-refractivity contribution is 5.99. The third kappa shape index (κ3) is 2.61. The summed E-state index contributed by atoms with van der Waals surface area (Å²) in [4.78, 5) is 16.2. The van der Waals surface area contributed by atoms with Gasteiger partial charge in [0.25, 0.3) is 0 Å². The topological polar surface area (TPSA) is 77.2 Å². The molecule has 1 aliphatic carbocycles. The standard InChI is InChI=1S/C13H19N3O2/c1-9(2)18-11-10(5-3-8-15-11)16-12(17)13(14)6-4-7-13/h3,5,8-9H,4,6-7,14H2,1-2H3,(H,16,17). The Balaban J connectivity index is 2.11. The number of nitrogens with zero attached hydrogens (tertiary/aromatic N) is 1. The number of carbonyl (C=O) groups is 1. The van der Waals surface area contributed by atoms with Gasteiger partial charge in [-0.05, 0) is 45.2 Å². The van der Waals surface area contributed by atoms with Gasteiger partial charge in [-0.1, -0.05) is 0 Å². The zero-order valence-corrected chi connectivity index (χ0v) is 10.8. The molecule has 5 heteroatoms. The molecule has 0 spiro atoms. The van der Waals surface area contributed by atoms with E-state index in [2.05, 4.69) is 10.3 Å². The van der Waals surface area contributed by atoms with E-state index in [1.54, 1.807) is 18.3 Å². The first kappa shape index (κ1) is 12.8. The van der Waals surface area contributed by atoms with E-state index >= 15 is 0 Å². The highest BCUT2D eigenvalue weighted by Gasteiger charge is 2.40. The van der Waals surface area contributed by atoms with Gasteiger partial charge in [0.05, 0.1) is 11.6 Å². The summed E-state index contributed by atoms with van der Waals surface area (Å²) in [5, 5.41) is 2.81. The molecule has 0 atom stereocenters. The molecule has 18 heavy (non-hydrogen) atoms. The van der Waals surface area contributed by atoms with E-state index in [1.807, 2.05) is 13.8 Å². The Morgan fingerprint density at radius 2 is 2.28 bits per heavy atom. The lowest BCUT2D eigenvalue weighted by molar-refractivity contribution is -0.123. The molecule has 3 N–H and O–H groups in total. The molecule has 0 aliphatic heterocycles. The Kier molecular flexibility index (Phi) is 3.52. The predicted octanol–water partition coefficient (Wildman–Crippen LogP) is 1.69. The van der Waals surface area contributed by atoms with Crippen molar-refractivity contribution < 1.29 is 9.53 Å². The van der Waals surface area contributed by atoms with Gasteiger partial charge < -0.3 is 15.8 Å². The second-order valence-electron chi connectivity index (χ2n) is 4.99. The zero-order valence-electron chi connectivity index (χ0n) is 10.8. The van der Waals surface area contributed by atoms with Crippen LogP contribution < -0.4 is 15.8 Å². The average Bonchev–Trinajstić information content (AvgIpc) is 2.27. The van der Waals surface area contributed by atoms with Crippen molar-refractivity contribution in [1.29, 1.82) is 0 Å². The molecule has 1 saturated carbocycles. The van der Waals surface area contributed by atoms with Crippen LogP contribution in [0, 0.1) is 0 Å². The number of carbonyl (C=O) groups excluding carboxylic acids is 1. The summed E-state index contributed by atoms with van der Waals surface area (Å²) in [5.74, 6) is 0.277. The van der Waals surface area contributed by atoms with Crippen LogP contribution in [0.2, 0.25) is 0 Å². The lowest BCUT2D eigenvalue weighted by atomic mass is 9.77. The van der Waals surface area contributed by atoms with E-state index in [4.69, 9.17) is 10.5 Å². The highest BCUT2D eigenvalue weighted by Crippen LogP contribution is 2.31. The van der Waals surface area contributed by atoms with Gasteiger partial charge in [0.15, 0.2) is 0 Å². The van der Waals surface area contributed by atoms with E-state index in [-0.39, 0.29) is 12.0 Å². The molecule has 0 bridgehead atoms. The molecule has 0 radical (unpaired) electrons. The van der Waals surface area contributed by atoms with Gasteiger partial charge in [-0.15, -0.1) is 0 Å². The predicted molar refractivity (Wildman–Crippen MR) is 69.4 cm³/mol. The second kappa shape index (κ2) is 4.94. The Bertz CT molecular complexity index is 442. The minimum Gasteiger partial charge on any atom is -0.473 e. The van der Waals surface area contributed by atoms with Crippen molar-refractivity contribution in [1.82, 2.24) is 4.98 Å². The summed E-state index contributed by atoms with van der Waals surface area (Å²) >= 11 is 0. The van der Waals surface area contributed by atoms with Crippen LogP contribution in [-0.2, 0) is 4.79 Å². The van der Waals surface area contributed by atoms with Gasteiger partial charge in [0.2, 0.25) is 11.8 Å². The van der Waals surface area contributed by atoms with E-state index in [9.17, 15) is 4.79 Å². The maximum absolute atomic E-state index is 12.0. The lowest BCUT2D eigenvalue weighted by Gasteiger charge is -2.36. The normalized spacial score (nSPS) is 17.1. The summed E-state index contributed by atoms with van der Waals surface area (Å²) in [7, 11) is 0. The molecule has 1 heterocycles. The first-order valence-electron chi connectivity index (χ1n) is 6.23. The van der Waals surface area contributed by atoms with Crippen molar-refractivity contribution in [3.05, 3.63) is 18.3 Å². The molecule has 2 rings (SSSR count). The van der Waals surface area contributed by atoms with E-state index in [0.29, 0.717) is 11.6 Å². The minimum atomic E-state index is -0.717. The maximum Gasteiger partial charge on any atom is 0.244 e. The van der Waals surface area contributed by atoms with Crippen LogP contribution in [0.3, 0.4) is 0 Å². The molecule has 1 aromatic rings. The van der Waals surface area contributed by atoms with Gasteiger partial charge in [0.1, 0.15) is 5.69 Å². The maximum atomic E-state index is 12.0. The van der Waals surface area contributed by atoms with Crippen molar-refractivity contribution in [2.45, 2.75) is 44.8 Å². The van der Waals surface area contributed by atoms with Crippen molar-refractivity contribution in [2.24, 2.45) is 5.73 Å². The first-order chi connectivity index (χ1) is 8.51. The molecule has 0 saturated heterocycles. The number of rotatable bonds is 4. The quantitative estimate of drug-likeness (QED) is 0.851. The molecule has 1 aromatic heterocycles. The lowest BCUT2D eigenvalue weighted by Crippen LogP contribution is -2.56. The molecular formula is C13H19N3O2. The van der Waals surface area contributed by atoms with Crippen LogP contribution in [0.15, 0.2) is 18.3 Å². The number of hydrogen-bond donors (Lipinski definition) is 2. The van der Waals surface area contributed by atoms with Crippen molar-refractivity contribution in [3.8, 4) is 5.88 Å². The Morgan fingerprint density at radius 1 is 1.56 bits per heavy atom. The Labute approximate surface area is 107 Å². The van der Waals surface area contributed by atoms with Crippen molar-refractivity contribution in [3.63, 3.8) is 0 Å². The van der Waals surface area contributed by atoms with Crippen LogP contribution in [-0.4, -0.2) is 22.5 Å². The van der Waals surface area contributed by atoms with Crippen LogP contribution in [0.25, 0.3) is 0 Å². The number of anilines is 1. The number of nitrogens with two attached hydrogens (primary N) is 1. The molecule has 1 fully saturated rings. The van der Waals surface area contributed by atoms with Crippen molar-refractivity contribution >= 4 is 11.6 Å². The smallest absolute Gasteiger partial charge is 0.244 e. The molecule has 5 nitrogen and oxygen atoms in total. The Morgan fingerprint density at radius 3 is 2.83 bits per heavy atom. The molecule has 0 aromatic carbocycles. The zero-order chi connectivity index (χ0) is 13.2. The number of aromatic nitrogens is 1. The van der Waals surface area contributed by atoms with Gasteiger partial charge in [0, 0.05) is 6.20 Å². The minimum absolute atomic E-state index is 0.00564. The third-order valence-corrected chi connectivity index (χ3v) is 3.06. The van der Waals surface area contributed by atoms with Gasteiger partial charge in [-0.25, -0.2) is 4.98 Å². The van der Waals surface area contributed by atoms with Gasteiger partial charge >= 0.3 is 0 Å². The highest BCUT2D eigenvalue weighted by atomic mass is 16.5.